The fourth-order valence-corrected chi connectivity index (χ4v) is 3.14. The summed E-state index contributed by atoms with van der Waals surface area (Å²) in [6.45, 7) is -0.442. The Kier molecular flexibility index (Phi) is 5.99. The Bertz CT molecular complexity index is 971. The number of nitrogens with zero attached hydrogens (tertiary/aromatic N) is 1. The average Bonchev–Trinajstić information content (AvgIpc) is 2.93. The molecule has 0 aliphatic carbocycles. The van der Waals surface area contributed by atoms with E-state index in [-0.39, 0.29) is 40.1 Å². The molecule has 3 N–H and O–H groups in total. The summed E-state index contributed by atoms with van der Waals surface area (Å²) in [4.78, 5) is 37.8. The van der Waals surface area contributed by atoms with Crippen LogP contribution in [0.5, 0.6) is 0 Å². The first-order valence-corrected chi connectivity index (χ1v) is 8.97. The van der Waals surface area contributed by atoms with Crippen molar-refractivity contribution in [1.29, 1.82) is 0 Å². The molecule has 0 bridgehead atoms. The second kappa shape index (κ2) is 8.43. The third-order valence-corrected chi connectivity index (χ3v) is 4.61. The van der Waals surface area contributed by atoms with Crippen LogP contribution in [-0.4, -0.2) is 40.9 Å². The number of amides is 3. The van der Waals surface area contributed by atoms with Gasteiger partial charge in [0, 0.05) is 6.08 Å². The van der Waals surface area contributed by atoms with Crippen LogP contribution in [-0.2, 0) is 9.59 Å². The number of anilines is 2. The average molecular weight is 420 g/mol. The van der Waals surface area contributed by atoms with Crippen LogP contribution in [0.3, 0.4) is 0 Å². The Morgan fingerprint density at radius 3 is 2.39 bits per heavy atom. The van der Waals surface area contributed by atoms with Crippen molar-refractivity contribution in [2.24, 2.45) is 0 Å². The van der Waals surface area contributed by atoms with E-state index >= 15 is 0 Å². The summed E-state index contributed by atoms with van der Waals surface area (Å²) in [7, 11) is 0. The molecule has 144 valence electrons. The van der Waals surface area contributed by atoms with Crippen LogP contribution in [0.4, 0.5) is 11.4 Å². The zero-order valence-corrected chi connectivity index (χ0v) is 15.9. The summed E-state index contributed by atoms with van der Waals surface area (Å²) in [6.07, 6.45) is 1.12. The molecule has 0 saturated carbocycles. The van der Waals surface area contributed by atoms with Crippen LogP contribution in [0.25, 0.3) is 0 Å². The number of carbonyl (C=O) groups is 3. The Morgan fingerprint density at radius 1 is 1.04 bits per heavy atom. The highest BCUT2D eigenvalue weighted by Gasteiger charge is 2.31. The lowest BCUT2D eigenvalue weighted by Crippen LogP contribution is -2.34. The van der Waals surface area contributed by atoms with E-state index in [1.165, 1.54) is 0 Å². The number of hydrogen-bond donors (Lipinski definition) is 3. The summed E-state index contributed by atoms with van der Waals surface area (Å²) in [5, 5.41) is 15.0. The number of aliphatic hydroxyl groups is 1. The molecule has 1 heterocycles. The lowest BCUT2D eigenvalue weighted by Gasteiger charge is -2.15. The Morgan fingerprint density at radius 2 is 1.71 bits per heavy atom. The normalized spacial score (nSPS) is 13.5. The number of benzene rings is 2. The number of nitrogens with one attached hydrogen (secondary N) is 2. The maximum Gasteiger partial charge on any atom is 0.277 e. The van der Waals surface area contributed by atoms with Gasteiger partial charge in [0.25, 0.3) is 17.7 Å². The van der Waals surface area contributed by atoms with Crippen molar-refractivity contribution >= 4 is 52.3 Å². The van der Waals surface area contributed by atoms with Gasteiger partial charge in [0.15, 0.2) is 0 Å². The molecule has 2 aromatic carbocycles. The highest BCUT2D eigenvalue weighted by molar-refractivity contribution is 6.40. The van der Waals surface area contributed by atoms with E-state index < -0.39 is 17.7 Å². The molecule has 0 aromatic heterocycles. The largest absolute Gasteiger partial charge is 0.395 e. The van der Waals surface area contributed by atoms with E-state index in [1.54, 1.807) is 42.5 Å². The van der Waals surface area contributed by atoms with E-state index in [0.29, 0.717) is 5.69 Å². The number of para-hydroxylation sites is 2. The number of β-amino-alcohol motifs (C(OH)–C–C–N with tert-alkyl or cyclic N) is 1. The minimum atomic E-state index is -0.580. The maximum atomic E-state index is 12.7. The molecule has 28 heavy (non-hydrogen) atoms. The van der Waals surface area contributed by atoms with Gasteiger partial charge in [-0.25, -0.2) is 0 Å². The number of aliphatic hydroxyl groups excluding tert-OH is 1. The van der Waals surface area contributed by atoms with E-state index in [2.05, 4.69) is 10.6 Å². The third-order valence-electron chi connectivity index (χ3n) is 3.98. The molecule has 1 aliphatic heterocycles. The van der Waals surface area contributed by atoms with E-state index in [9.17, 15) is 14.4 Å². The summed E-state index contributed by atoms with van der Waals surface area (Å²) in [5.41, 5.74) is 0.822. The molecule has 9 heteroatoms. The minimum Gasteiger partial charge on any atom is -0.395 e. The van der Waals surface area contributed by atoms with Crippen LogP contribution < -0.4 is 10.6 Å². The molecule has 0 saturated heterocycles. The zero-order valence-electron chi connectivity index (χ0n) is 14.4. The Balaban J connectivity index is 1.84. The first-order chi connectivity index (χ1) is 13.4. The molecule has 1 aliphatic rings. The summed E-state index contributed by atoms with van der Waals surface area (Å²) < 4.78 is 0. The first-order valence-electron chi connectivity index (χ1n) is 8.22. The predicted molar refractivity (Wildman–Crippen MR) is 106 cm³/mol. The van der Waals surface area contributed by atoms with E-state index in [1.807, 2.05) is 0 Å². The van der Waals surface area contributed by atoms with Gasteiger partial charge in [-0.2, -0.15) is 0 Å². The zero-order chi connectivity index (χ0) is 20.3. The fourth-order valence-electron chi connectivity index (χ4n) is 2.64. The van der Waals surface area contributed by atoms with Gasteiger partial charge in [0.1, 0.15) is 5.70 Å². The molecule has 3 amide bonds. The molecule has 0 radical (unpaired) electrons. The van der Waals surface area contributed by atoms with Crippen molar-refractivity contribution in [1.82, 2.24) is 4.90 Å². The van der Waals surface area contributed by atoms with Crippen LogP contribution >= 0.6 is 23.2 Å². The smallest absolute Gasteiger partial charge is 0.277 e. The lowest BCUT2D eigenvalue weighted by atomic mass is 10.1. The van der Waals surface area contributed by atoms with Crippen molar-refractivity contribution < 1.29 is 19.5 Å². The van der Waals surface area contributed by atoms with Gasteiger partial charge in [-0.15, -0.1) is 0 Å². The number of rotatable bonds is 6. The van der Waals surface area contributed by atoms with Gasteiger partial charge in [0.05, 0.1) is 40.1 Å². The van der Waals surface area contributed by atoms with Crippen LogP contribution in [0.1, 0.15) is 10.4 Å². The highest BCUT2D eigenvalue weighted by atomic mass is 35.5. The topological polar surface area (TPSA) is 98.7 Å². The molecule has 0 spiro atoms. The van der Waals surface area contributed by atoms with Gasteiger partial charge in [-0.3, -0.25) is 19.3 Å². The molecular formula is C19H15Cl2N3O4. The number of halogens is 2. The molecule has 0 unspecified atom stereocenters. The van der Waals surface area contributed by atoms with E-state index in [0.717, 1.165) is 11.0 Å². The second-order valence-electron chi connectivity index (χ2n) is 5.80. The van der Waals surface area contributed by atoms with Gasteiger partial charge in [-0.1, -0.05) is 41.4 Å². The monoisotopic (exact) mass is 419 g/mol. The summed E-state index contributed by atoms with van der Waals surface area (Å²) in [5.74, 6) is -1.61. The summed E-state index contributed by atoms with van der Waals surface area (Å²) in [6, 6.07) is 11.3. The van der Waals surface area contributed by atoms with Crippen LogP contribution in [0.2, 0.25) is 10.0 Å². The van der Waals surface area contributed by atoms with E-state index in [4.69, 9.17) is 28.3 Å². The Hall–Kier alpha value is -2.87. The first kappa shape index (κ1) is 19.9. The SMILES string of the molecule is O=C(Nc1c(Cl)cccc1Cl)c1ccccc1NC1=CC(=O)N(CCO)C1=O. The molecular weight excluding hydrogens is 405 g/mol. The summed E-state index contributed by atoms with van der Waals surface area (Å²) >= 11 is 12.2. The fraction of sp³-hybridized carbons (Fsp3) is 0.105. The van der Waals surface area contributed by atoms with Crippen molar-refractivity contribution in [3.63, 3.8) is 0 Å². The van der Waals surface area contributed by atoms with Crippen molar-refractivity contribution in [2.45, 2.75) is 0 Å². The van der Waals surface area contributed by atoms with Crippen molar-refractivity contribution in [3.05, 3.63) is 69.8 Å². The molecule has 3 rings (SSSR count). The molecule has 0 fully saturated rings. The number of carbonyl (C=O) groups excluding carboxylic acids is 3. The number of hydrogen-bond acceptors (Lipinski definition) is 5. The molecule has 2 aromatic rings. The third kappa shape index (κ3) is 4.01. The molecule has 0 atom stereocenters. The minimum absolute atomic E-state index is 0.00877. The van der Waals surface area contributed by atoms with Gasteiger partial charge >= 0.3 is 0 Å². The van der Waals surface area contributed by atoms with Gasteiger partial charge < -0.3 is 15.7 Å². The van der Waals surface area contributed by atoms with Crippen LogP contribution in [0.15, 0.2) is 54.2 Å². The number of imide groups is 1. The molecule has 7 nitrogen and oxygen atoms in total. The Labute approximate surface area is 170 Å². The highest BCUT2D eigenvalue weighted by Crippen LogP contribution is 2.31. The standard InChI is InChI=1S/C19H15Cl2N3O4/c20-12-5-3-6-13(21)17(12)23-18(27)11-4-1-2-7-14(11)22-15-10-16(26)24(8-9-25)19(15)28/h1-7,10,22,25H,8-9H2,(H,23,27). The maximum absolute atomic E-state index is 12.7. The quantitative estimate of drug-likeness (QED) is 0.625. The van der Waals surface area contributed by atoms with Crippen molar-refractivity contribution in [3.8, 4) is 0 Å². The predicted octanol–water partition coefficient (Wildman–Crippen LogP) is 2.90. The van der Waals surface area contributed by atoms with Gasteiger partial charge in [-0.05, 0) is 24.3 Å². The van der Waals surface area contributed by atoms with Crippen LogP contribution in [0, 0.1) is 0 Å². The van der Waals surface area contributed by atoms with Gasteiger partial charge in [0.2, 0.25) is 0 Å². The lowest BCUT2D eigenvalue weighted by molar-refractivity contribution is -0.137. The van der Waals surface area contributed by atoms with Crippen molar-refractivity contribution in [2.75, 3.05) is 23.8 Å². The second-order valence-corrected chi connectivity index (χ2v) is 6.61.